The molecular weight excluding hydrogens is 318 g/mol. The Balaban J connectivity index is 2.63. The number of nitrogens with one attached hydrogen (secondary N) is 1. The number of aldehydes is 1. The maximum atomic E-state index is 12.9. The first-order chi connectivity index (χ1) is 11.8. The SMILES string of the molecule is CC(C)C1=C(C=O)C(c2ccccc2)N(C(=O)N(C)C(C)C)C(=O)N1. The Morgan fingerprint density at radius 2 is 1.80 bits per heavy atom. The predicted octanol–water partition coefficient (Wildman–Crippen LogP) is 3.32. The monoisotopic (exact) mass is 343 g/mol. The fourth-order valence-electron chi connectivity index (χ4n) is 2.81. The molecule has 0 aliphatic carbocycles. The van der Waals surface area contributed by atoms with E-state index < -0.39 is 18.1 Å². The number of benzene rings is 1. The second-order valence-corrected chi connectivity index (χ2v) is 6.74. The van der Waals surface area contributed by atoms with Crippen LogP contribution in [0, 0.1) is 5.92 Å². The second kappa shape index (κ2) is 7.51. The highest BCUT2D eigenvalue weighted by Crippen LogP contribution is 2.35. The van der Waals surface area contributed by atoms with E-state index in [4.69, 9.17) is 0 Å². The van der Waals surface area contributed by atoms with Crippen molar-refractivity contribution in [1.82, 2.24) is 15.1 Å². The molecule has 0 aromatic heterocycles. The molecule has 1 N–H and O–H groups in total. The third-order valence-electron chi connectivity index (χ3n) is 4.43. The normalized spacial score (nSPS) is 17.8. The van der Waals surface area contributed by atoms with Gasteiger partial charge in [-0.25, -0.2) is 14.5 Å². The van der Waals surface area contributed by atoms with Crippen LogP contribution in [0.2, 0.25) is 0 Å². The minimum atomic E-state index is -0.737. The van der Waals surface area contributed by atoms with Crippen molar-refractivity contribution in [2.45, 2.75) is 39.8 Å². The van der Waals surface area contributed by atoms with Crippen LogP contribution < -0.4 is 5.32 Å². The minimum absolute atomic E-state index is 0.0459. The lowest BCUT2D eigenvalue weighted by molar-refractivity contribution is -0.105. The molecule has 1 aromatic rings. The average molecular weight is 343 g/mol. The Hall–Kier alpha value is -2.63. The summed E-state index contributed by atoms with van der Waals surface area (Å²) in [6.07, 6.45) is 0.738. The summed E-state index contributed by atoms with van der Waals surface area (Å²) in [4.78, 5) is 40.2. The summed E-state index contributed by atoms with van der Waals surface area (Å²) in [7, 11) is 1.64. The molecule has 1 aromatic carbocycles. The molecule has 1 aliphatic rings. The molecule has 25 heavy (non-hydrogen) atoms. The van der Waals surface area contributed by atoms with Gasteiger partial charge < -0.3 is 10.2 Å². The summed E-state index contributed by atoms with van der Waals surface area (Å²) in [6.45, 7) is 7.54. The van der Waals surface area contributed by atoms with E-state index in [1.54, 1.807) is 7.05 Å². The van der Waals surface area contributed by atoms with Crippen LogP contribution in [-0.4, -0.2) is 41.2 Å². The van der Waals surface area contributed by atoms with Crippen molar-refractivity contribution in [1.29, 1.82) is 0 Å². The van der Waals surface area contributed by atoms with Gasteiger partial charge in [0.2, 0.25) is 0 Å². The second-order valence-electron chi connectivity index (χ2n) is 6.74. The van der Waals surface area contributed by atoms with Crippen LogP contribution in [0.25, 0.3) is 0 Å². The van der Waals surface area contributed by atoms with Gasteiger partial charge in [-0.1, -0.05) is 44.2 Å². The highest BCUT2D eigenvalue weighted by Gasteiger charge is 2.41. The van der Waals surface area contributed by atoms with Gasteiger partial charge in [-0.05, 0) is 25.3 Å². The Labute approximate surface area is 148 Å². The first-order valence-corrected chi connectivity index (χ1v) is 8.40. The third-order valence-corrected chi connectivity index (χ3v) is 4.43. The van der Waals surface area contributed by atoms with Gasteiger partial charge in [-0.15, -0.1) is 0 Å². The molecular formula is C19H25N3O3. The standard InChI is InChI=1S/C19H25N3O3/c1-12(2)16-15(11-23)17(14-9-7-6-8-10-14)22(18(24)20-16)19(25)21(5)13(3)4/h6-13,17H,1-5H3,(H,20,24). The van der Waals surface area contributed by atoms with Gasteiger partial charge in [0.15, 0.2) is 0 Å². The number of hydrogen-bond donors (Lipinski definition) is 1. The van der Waals surface area contributed by atoms with Crippen molar-refractivity contribution < 1.29 is 14.4 Å². The largest absolute Gasteiger partial charge is 0.330 e. The zero-order valence-electron chi connectivity index (χ0n) is 15.3. The Bertz CT molecular complexity index is 695. The van der Waals surface area contributed by atoms with Gasteiger partial charge in [0.25, 0.3) is 0 Å². The van der Waals surface area contributed by atoms with Gasteiger partial charge in [0.05, 0.1) is 6.04 Å². The molecule has 0 bridgehead atoms. The van der Waals surface area contributed by atoms with Crippen LogP contribution in [-0.2, 0) is 4.79 Å². The molecule has 0 radical (unpaired) electrons. The lowest BCUT2D eigenvalue weighted by Gasteiger charge is -2.39. The number of imide groups is 1. The fourth-order valence-corrected chi connectivity index (χ4v) is 2.81. The Kier molecular flexibility index (Phi) is 5.62. The van der Waals surface area contributed by atoms with E-state index in [2.05, 4.69) is 5.32 Å². The topological polar surface area (TPSA) is 69.7 Å². The van der Waals surface area contributed by atoms with E-state index in [1.807, 2.05) is 58.0 Å². The molecule has 0 fully saturated rings. The highest BCUT2D eigenvalue weighted by molar-refractivity contribution is 5.99. The Morgan fingerprint density at radius 1 is 1.20 bits per heavy atom. The van der Waals surface area contributed by atoms with E-state index in [1.165, 1.54) is 4.90 Å². The van der Waals surface area contributed by atoms with Crippen molar-refractivity contribution >= 4 is 18.3 Å². The third kappa shape index (κ3) is 3.57. The van der Waals surface area contributed by atoms with Crippen molar-refractivity contribution in [3.63, 3.8) is 0 Å². The first-order valence-electron chi connectivity index (χ1n) is 8.40. The minimum Gasteiger partial charge on any atom is -0.325 e. The molecule has 0 saturated heterocycles. The van der Waals surface area contributed by atoms with Gasteiger partial charge in [-0.3, -0.25) is 4.79 Å². The lowest BCUT2D eigenvalue weighted by Crippen LogP contribution is -2.55. The molecule has 6 heteroatoms. The predicted molar refractivity (Wildman–Crippen MR) is 95.8 cm³/mol. The van der Waals surface area contributed by atoms with Crippen LogP contribution >= 0.6 is 0 Å². The molecule has 1 aliphatic heterocycles. The number of nitrogens with zero attached hydrogens (tertiary/aromatic N) is 2. The molecule has 2 rings (SSSR count). The van der Waals surface area contributed by atoms with Gasteiger partial charge in [0, 0.05) is 24.4 Å². The number of rotatable bonds is 4. The number of allylic oxidation sites excluding steroid dienone is 1. The van der Waals surface area contributed by atoms with Gasteiger partial charge >= 0.3 is 12.1 Å². The van der Waals surface area contributed by atoms with E-state index in [-0.39, 0.29) is 12.0 Å². The maximum Gasteiger partial charge on any atom is 0.330 e. The summed E-state index contributed by atoms with van der Waals surface area (Å²) in [6, 6.07) is 7.38. The molecule has 4 amide bonds. The molecule has 1 heterocycles. The molecule has 6 nitrogen and oxygen atoms in total. The van der Waals surface area contributed by atoms with Crippen molar-refractivity contribution in [2.75, 3.05) is 7.05 Å². The van der Waals surface area contributed by atoms with Gasteiger partial charge in [0.1, 0.15) is 6.29 Å². The number of urea groups is 2. The zero-order valence-corrected chi connectivity index (χ0v) is 15.3. The van der Waals surface area contributed by atoms with Gasteiger partial charge in [-0.2, -0.15) is 0 Å². The van der Waals surface area contributed by atoms with Crippen LogP contribution in [0.3, 0.4) is 0 Å². The highest BCUT2D eigenvalue weighted by atomic mass is 16.2. The van der Waals surface area contributed by atoms with E-state index in [0.29, 0.717) is 11.3 Å². The number of carbonyl (C=O) groups excluding carboxylic acids is 3. The quantitative estimate of drug-likeness (QED) is 0.853. The van der Waals surface area contributed by atoms with Crippen LogP contribution in [0.4, 0.5) is 9.59 Å². The van der Waals surface area contributed by atoms with Crippen molar-refractivity contribution in [3.05, 3.63) is 47.2 Å². The Morgan fingerprint density at radius 3 is 2.28 bits per heavy atom. The maximum absolute atomic E-state index is 12.9. The molecule has 0 spiro atoms. The average Bonchev–Trinajstić information content (AvgIpc) is 2.59. The van der Waals surface area contributed by atoms with Crippen molar-refractivity contribution in [2.24, 2.45) is 5.92 Å². The summed E-state index contributed by atoms with van der Waals surface area (Å²) in [5.74, 6) is -0.0459. The van der Waals surface area contributed by atoms with Crippen LogP contribution in [0.1, 0.15) is 39.3 Å². The van der Waals surface area contributed by atoms with Crippen LogP contribution in [0.15, 0.2) is 41.6 Å². The van der Waals surface area contributed by atoms with E-state index in [9.17, 15) is 14.4 Å². The zero-order chi connectivity index (χ0) is 18.7. The molecule has 134 valence electrons. The number of carbonyl (C=O) groups is 3. The number of hydrogen-bond acceptors (Lipinski definition) is 3. The van der Waals surface area contributed by atoms with E-state index in [0.717, 1.165) is 16.7 Å². The summed E-state index contributed by atoms with van der Waals surface area (Å²) in [5, 5.41) is 2.73. The molecule has 0 saturated carbocycles. The van der Waals surface area contributed by atoms with E-state index >= 15 is 0 Å². The summed E-state index contributed by atoms with van der Waals surface area (Å²) >= 11 is 0. The number of amides is 4. The summed E-state index contributed by atoms with van der Waals surface area (Å²) in [5.41, 5.74) is 1.69. The first kappa shape index (κ1) is 18.7. The fraction of sp³-hybridized carbons (Fsp3) is 0.421. The lowest BCUT2D eigenvalue weighted by atomic mass is 9.91. The molecule has 1 atom stereocenters. The smallest absolute Gasteiger partial charge is 0.325 e. The van der Waals surface area contributed by atoms with Crippen LogP contribution in [0.5, 0.6) is 0 Å². The van der Waals surface area contributed by atoms with Crippen molar-refractivity contribution in [3.8, 4) is 0 Å². The molecule has 1 unspecified atom stereocenters. The summed E-state index contributed by atoms with van der Waals surface area (Å²) < 4.78 is 0.